The van der Waals surface area contributed by atoms with Crippen LogP contribution in [0.25, 0.3) is 0 Å². The van der Waals surface area contributed by atoms with Gasteiger partial charge < -0.3 is 15.0 Å². The van der Waals surface area contributed by atoms with Gasteiger partial charge in [-0.1, -0.05) is 12.1 Å². The average Bonchev–Trinajstić information content (AvgIpc) is 2.68. The molecule has 0 unspecified atom stereocenters. The summed E-state index contributed by atoms with van der Waals surface area (Å²) in [6, 6.07) is 14.3. The Hall–Kier alpha value is -2.60. The van der Waals surface area contributed by atoms with Crippen molar-refractivity contribution in [3.05, 3.63) is 54.3 Å². The van der Waals surface area contributed by atoms with Crippen LogP contribution in [0.5, 0.6) is 5.75 Å². The summed E-state index contributed by atoms with van der Waals surface area (Å²) in [6.45, 7) is 7.83. The van der Waals surface area contributed by atoms with Crippen molar-refractivity contribution in [2.24, 2.45) is 0 Å². The van der Waals surface area contributed by atoms with Gasteiger partial charge in [0.1, 0.15) is 11.6 Å². The third-order valence-electron chi connectivity index (χ3n) is 4.73. The van der Waals surface area contributed by atoms with Crippen molar-refractivity contribution in [2.45, 2.75) is 26.4 Å². The smallest absolute Gasteiger partial charge is 0.225 e. The Morgan fingerprint density at radius 3 is 2.39 bits per heavy atom. The number of ether oxygens (including phenoxy) is 1. The number of amides is 1. The van der Waals surface area contributed by atoms with E-state index in [1.165, 1.54) is 6.07 Å². The zero-order valence-electron chi connectivity index (χ0n) is 16.5. The van der Waals surface area contributed by atoms with Gasteiger partial charge >= 0.3 is 0 Å². The van der Waals surface area contributed by atoms with Gasteiger partial charge in [-0.2, -0.15) is 0 Å². The van der Waals surface area contributed by atoms with E-state index in [0.717, 1.165) is 37.6 Å². The van der Waals surface area contributed by atoms with Crippen LogP contribution in [0.3, 0.4) is 0 Å². The Kier molecular flexibility index (Phi) is 6.87. The van der Waals surface area contributed by atoms with E-state index < -0.39 is 0 Å². The number of benzene rings is 2. The number of nitrogens with zero attached hydrogens (tertiary/aromatic N) is 2. The van der Waals surface area contributed by atoms with E-state index in [2.05, 4.69) is 15.1 Å². The first-order valence-corrected chi connectivity index (χ1v) is 9.79. The maximum absolute atomic E-state index is 13.9. The lowest BCUT2D eigenvalue weighted by molar-refractivity contribution is -0.116. The number of carbonyl (C=O) groups excluding carboxylic acids is 1. The summed E-state index contributed by atoms with van der Waals surface area (Å²) in [4.78, 5) is 16.5. The molecule has 2 aromatic rings. The zero-order valence-corrected chi connectivity index (χ0v) is 16.5. The minimum atomic E-state index is -0.180. The number of hydrogen-bond donors (Lipinski definition) is 1. The predicted molar refractivity (Wildman–Crippen MR) is 111 cm³/mol. The minimum Gasteiger partial charge on any atom is -0.491 e. The summed E-state index contributed by atoms with van der Waals surface area (Å²) in [5.74, 6) is 0.606. The third kappa shape index (κ3) is 5.70. The second kappa shape index (κ2) is 9.55. The number of piperazine rings is 1. The fourth-order valence-electron chi connectivity index (χ4n) is 3.29. The van der Waals surface area contributed by atoms with Crippen LogP contribution >= 0.6 is 0 Å². The molecular weight excluding hydrogens is 357 g/mol. The predicted octanol–water partition coefficient (Wildman–Crippen LogP) is 3.76. The summed E-state index contributed by atoms with van der Waals surface area (Å²) >= 11 is 0. The third-order valence-corrected chi connectivity index (χ3v) is 4.73. The largest absolute Gasteiger partial charge is 0.491 e. The van der Waals surface area contributed by atoms with Crippen molar-refractivity contribution in [1.29, 1.82) is 0 Å². The Morgan fingerprint density at radius 1 is 1.07 bits per heavy atom. The molecule has 0 spiro atoms. The van der Waals surface area contributed by atoms with Crippen LogP contribution in [0.15, 0.2) is 48.5 Å². The lowest BCUT2D eigenvalue weighted by atomic mass is 10.2. The summed E-state index contributed by atoms with van der Waals surface area (Å²) in [7, 11) is 0. The molecule has 2 aromatic carbocycles. The molecule has 28 heavy (non-hydrogen) atoms. The molecule has 1 fully saturated rings. The first-order chi connectivity index (χ1) is 13.5. The number of anilines is 2. The number of para-hydroxylation sites is 1. The van der Waals surface area contributed by atoms with Crippen molar-refractivity contribution in [1.82, 2.24) is 4.90 Å². The fourth-order valence-corrected chi connectivity index (χ4v) is 3.29. The second-order valence-electron chi connectivity index (χ2n) is 7.27. The summed E-state index contributed by atoms with van der Waals surface area (Å²) in [5.41, 5.74) is 1.43. The Bertz CT molecular complexity index is 772. The fraction of sp³-hybridized carbons (Fsp3) is 0.409. The number of carbonyl (C=O) groups is 1. The molecule has 1 amide bonds. The van der Waals surface area contributed by atoms with Gasteiger partial charge in [0.05, 0.1) is 11.8 Å². The van der Waals surface area contributed by atoms with Crippen LogP contribution in [0.4, 0.5) is 15.8 Å². The van der Waals surface area contributed by atoms with Crippen molar-refractivity contribution in [3.8, 4) is 5.75 Å². The SMILES string of the molecule is CC(C)Oc1ccc(NC(=O)CCN2CCN(c3ccccc3F)CC2)cc1. The quantitative estimate of drug-likeness (QED) is 0.788. The molecule has 0 saturated carbocycles. The normalized spacial score (nSPS) is 14.9. The van der Waals surface area contributed by atoms with Crippen LogP contribution in [0.2, 0.25) is 0 Å². The van der Waals surface area contributed by atoms with Crippen molar-refractivity contribution < 1.29 is 13.9 Å². The molecule has 1 N–H and O–H groups in total. The highest BCUT2D eigenvalue weighted by molar-refractivity contribution is 5.90. The monoisotopic (exact) mass is 385 g/mol. The average molecular weight is 385 g/mol. The van der Waals surface area contributed by atoms with Crippen LogP contribution < -0.4 is 15.0 Å². The first-order valence-electron chi connectivity index (χ1n) is 9.79. The highest BCUT2D eigenvalue weighted by Gasteiger charge is 2.19. The van der Waals surface area contributed by atoms with Gasteiger partial charge in [0, 0.05) is 44.8 Å². The van der Waals surface area contributed by atoms with Crippen LogP contribution in [-0.2, 0) is 4.79 Å². The van der Waals surface area contributed by atoms with E-state index in [1.807, 2.05) is 50.2 Å². The maximum atomic E-state index is 13.9. The maximum Gasteiger partial charge on any atom is 0.225 e. The molecule has 1 aliphatic rings. The van der Waals surface area contributed by atoms with Gasteiger partial charge in [-0.05, 0) is 50.2 Å². The zero-order chi connectivity index (χ0) is 19.9. The number of halogens is 1. The van der Waals surface area contributed by atoms with Gasteiger partial charge in [-0.15, -0.1) is 0 Å². The summed E-state index contributed by atoms with van der Waals surface area (Å²) < 4.78 is 19.5. The molecule has 0 radical (unpaired) electrons. The number of nitrogens with one attached hydrogen (secondary N) is 1. The van der Waals surface area contributed by atoms with Gasteiger partial charge in [0.25, 0.3) is 0 Å². The van der Waals surface area contributed by atoms with Crippen molar-refractivity contribution in [3.63, 3.8) is 0 Å². The highest BCUT2D eigenvalue weighted by Crippen LogP contribution is 2.20. The molecule has 0 atom stereocenters. The first kappa shape index (κ1) is 20.1. The molecule has 6 heteroatoms. The second-order valence-corrected chi connectivity index (χ2v) is 7.27. The molecule has 0 bridgehead atoms. The Labute approximate surface area is 166 Å². The molecule has 3 rings (SSSR count). The number of rotatable bonds is 7. The van der Waals surface area contributed by atoms with Crippen LogP contribution in [0, 0.1) is 5.82 Å². The molecular formula is C22H28FN3O2. The summed E-state index contributed by atoms with van der Waals surface area (Å²) in [5, 5.41) is 2.92. The minimum absolute atomic E-state index is 0.00550. The van der Waals surface area contributed by atoms with Gasteiger partial charge in [0.2, 0.25) is 5.91 Å². The van der Waals surface area contributed by atoms with E-state index >= 15 is 0 Å². The molecule has 0 aromatic heterocycles. The van der Waals surface area contributed by atoms with Crippen molar-refractivity contribution in [2.75, 3.05) is 42.9 Å². The van der Waals surface area contributed by atoms with E-state index in [1.54, 1.807) is 6.07 Å². The van der Waals surface area contributed by atoms with Gasteiger partial charge in [0.15, 0.2) is 0 Å². The molecule has 1 aliphatic heterocycles. The number of hydrogen-bond acceptors (Lipinski definition) is 4. The van der Waals surface area contributed by atoms with E-state index in [-0.39, 0.29) is 17.8 Å². The van der Waals surface area contributed by atoms with Gasteiger partial charge in [-0.25, -0.2) is 4.39 Å². The van der Waals surface area contributed by atoms with Crippen LogP contribution in [-0.4, -0.2) is 49.6 Å². The molecule has 1 saturated heterocycles. The highest BCUT2D eigenvalue weighted by atomic mass is 19.1. The summed E-state index contributed by atoms with van der Waals surface area (Å²) in [6.07, 6.45) is 0.559. The van der Waals surface area contributed by atoms with Gasteiger partial charge in [-0.3, -0.25) is 9.69 Å². The Morgan fingerprint density at radius 2 is 1.75 bits per heavy atom. The topological polar surface area (TPSA) is 44.8 Å². The molecule has 1 heterocycles. The standard InChI is InChI=1S/C22H28FN3O2/c1-17(2)28-19-9-7-18(8-10-19)24-22(27)11-12-25-13-15-26(16-14-25)21-6-4-3-5-20(21)23/h3-10,17H,11-16H2,1-2H3,(H,24,27). The van der Waals surface area contributed by atoms with Crippen LogP contribution in [0.1, 0.15) is 20.3 Å². The van der Waals surface area contributed by atoms with E-state index in [4.69, 9.17) is 4.74 Å². The lowest BCUT2D eigenvalue weighted by Crippen LogP contribution is -2.47. The van der Waals surface area contributed by atoms with E-state index in [9.17, 15) is 9.18 Å². The molecule has 150 valence electrons. The molecule has 5 nitrogen and oxygen atoms in total. The van der Waals surface area contributed by atoms with E-state index in [0.29, 0.717) is 18.7 Å². The molecule has 0 aliphatic carbocycles. The Balaban J connectivity index is 1.40. The van der Waals surface area contributed by atoms with Crippen molar-refractivity contribution >= 4 is 17.3 Å². The lowest BCUT2D eigenvalue weighted by Gasteiger charge is -2.36.